The molecule has 4 aliphatic carbocycles. The molecule has 0 N–H and O–H groups in total. The molecule has 2 unspecified atom stereocenters. The minimum Gasteiger partial charge on any atom is -0.345 e. The first-order valence-electron chi connectivity index (χ1n) is 15.2. The molecular formula is C41H33N. The van der Waals surface area contributed by atoms with Crippen LogP contribution >= 0.6 is 0 Å². The summed E-state index contributed by atoms with van der Waals surface area (Å²) in [5.41, 5.74) is 17.8. The maximum Gasteiger partial charge on any atom is 0.0685 e. The fourth-order valence-corrected chi connectivity index (χ4v) is 8.74. The average molecular weight is 540 g/mol. The predicted molar refractivity (Wildman–Crippen MR) is 175 cm³/mol. The quantitative estimate of drug-likeness (QED) is 0.216. The third-order valence-electron chi connectivity index (χ3n) is 10.7. The van der Waals surface area contributed by atoms with Gasteiger partial charge in [0.05, 0.1) is 5.41 Å². The highest BCUT2D eigenvalue weighted by Gasteiger charge is 2.54. The van der Waals surface area contributed by atoms with Crippen LogP contribution in [0.15, 0.2) is 133 Å². The normalized spacial score (nSPS) is 21.2. The van der Waals surface area contributed by atoms with Gasteiger partial charge >= 0.3 is 0 Å². The summed E-state index contributed by atoms with van der Waals surface area (Å²) in [4.78, 5) is 2.36. The highest BCUT2D eigenvalue weighted by molar-refractivity contribution is 5.91. The van der Waals surface area contributed by atoms with Crippen LogP contribution in [0, 0.1) is 0 Å². The largest absolute Gasteiger partial charge is 0.345 e. The Morgan fingerprint density at radius 3 is 2.05 bits per heavy atom. The van der Waals surface area contributed by atoms with E-state index in [4.69, 9.17) is 0 Å². The second-order valence-electron chi connectivity index (χ2n) is 12.9. The van der Waals surface area contributed by atoms with E-state index in [9.17, 15) is 0 Å². The minimum atomic E-state index is -0.224. The van der Waals surface area contributed by atoms with Gasteiger partial charge in [0.1, 0.15) is 0 Å². The van der Waals surface area contributed by atoms with Gasteiger partial charge in [-0.3, -0.25) is 0 Å². The molecule has 5 aromatic rings. The summed E-state index contributed by atoms with van der Waals surface area (Å²) in [6.45, 7) is 4.71. The van der Waals surface area contributed by atoms with Crippen molar-refractivity contribution in [2.24, 2.45) is 0 Å². The van der Waals surface area contributed by atoms with Crippen molar-refractivity contribution in [2.75, 3.05) is 11.9 Å². The number of allylic oxidation sites excluding steroid dienone is 4. The van der Waals surface area contributed by atoms with Crippen LogP contribution in [-0.4, -0.2) is 7.05 Å². The van der Waals surface area contributed by atoms with Crippen molar-refractivity contribution in [2.45, 2.75) is 37.0 Å². The van der Waals surface area contributed by atoms with Crippen molar-refractivity contribution in [3.63, 3.8) is 0 Å². The first-order chi connectivity index (χ1) is 20.5. The van der Waals surface area contributed by atoms with Crippen LogP contribution in [0.1, 0.15) is 59.6 Å². The van der Waals surface area contributed by atoms with Crippen molar-refractivity contribution < 1.29 is 0 Å². The van der Waals surface area contributed by atoms with Gasteiger partial charge in [0.15, 0.2) is 0 Å². The van der Waals surface area contributed by atoms with Crippen LogP contribution in [0.3, 0.4) is 0 Å². The first-order valence-corrected chi connectivity index (χ1v) is 15.2. The number of hydrogen-bond acceptors (Lipinski definition) is 1. The molecule has 0 aliphatic heterocycles. The Labute approximate surface area is 248 Å². The lowest BCUT2D eigenvalue weighted by Gasteiger charge is -2.33. The molecule has 0 fully saturated rings. The highest BCUT2D eigenvalue weighted by atomic mass is 15.1. The third-order valence-corrected chi connectivity index (χ3v) is 10.7. The Hall–Kier alpha value is -4.62. The fraction of sp³-hybridized carbons (Fsp3) is 0.171. The molecular weight excluding hydrogens is 506 g/mol. The number of benzene rings is 5. The Kier molecular flexibility index (Phi) is 4.71. The van der Waals surface area contributed by atoms with Crippen LogP contribution < -0.4 is 4.90 Å². The predicted octanol–water partition coefficient (Wildman–Crippen LogP) is 10.1. The van der Waals surface area contributed by atoms with Crippen LogP contribution in [-0.2, 0) is 10.8 Å². The summed E-state index contributed by atoms with van der Waals surface area (Å²) in [6.07, 6.45) is 8.09. The molecule has 1 nitrogen and oxygen atoms in total. The highest BCUT2D eigenvalue weighted by Crippen LogP contribution is 2.65. The van der Waals surface area contributed by atoms with E-state index in [1.54, 1.807) is 0 Å². The molecule has 202 valence electrons. The lowest BCUT2D eigenvalue weighted by Crippen LogP contribution is -2.27. The second-order valence-corrected chi connectivity index (χ2v) is 12.9. The van der Waals surface area contributed by atoms with Crippen molar-refractivity contribution >= 4 is 11.4 Å². The van der Waals surface area contributed by atoms with Gasteiger partial charge in [0.2, 0.25) is 0 Å². The molecule has 0 saturated carbocycles. The summed E-state index contributed by atoms with van der Waals surface area (Å²) >= 11 is 0. The molecule has 0 amide bonds. The minimum absolute atomic E-state index is 0.0133. The topological polar surface area (TPSA) is 3.24 Å². The molecule has 0 saturated heterocycles. The molecule has 4 aliphatic rings. The van der Waals surface area contributed by atoms with Gasteiger partial charge < -0.3 is 4.90 Å². The molecule has 2 atom stereocenters. The molecule has 1 heteroatoms. The summed E-state index contributed by atoms with van der Waals surface area (Å²) < 4.78 is 0. The lowest BCUT2D eigenvalue weighted by atomic mass is 9.69. The number of rotatable bonds is 2. The second kappa shape index (κ2) is 8.23. The van der Waals surface area contributed by atoms with Gasteiger partial charge in [0, 0.05) is 29.8 Å². The van der Waals surface area contributed by atoms with Gasteiger partial charge in [-0.25, -0.2) is 0 Å². The SMILES string of the molecule is CN(c1ccc2c(c1)-c1ccccc1C21C2=CC=CCC2c2ccccc21)c1ccc2c(c1)C(C)(C)c1ccccc1-2. The monoisotopic (exact) mass is 539 g/mol. The standard InChI is InChI=1S/C41H33N/c1-40(2)34-16-8-4-12-28(34)32-22-20-27(25-39(32)40)42(3)26-21-23-38-33(24-26)31-15-7-11-19-37(31)41(38)35-17-9-5-13-29(35)30-14-6-10-18-36(30)41/h4-13,15-25,30H,14H2,1-3H3. The Morgan fingerprint density at radius 1 is 0.595 bits per heavy atom. The van der Waals surface area contributed by atoms with E-state index in [0.29, 0.717) is 5.92 Å². The number of hydrogen-bond donors (Lipinski definition) is 0. The summed E-state index contributed by atoms with van der Waals surface area (Å²) in [5.74, 6) is 0.437. The summed E-state index contributed by atoms with van der Waals surface area (Å²) in [6, 6.07) is 41.4. The van der Waals surface area contributed by atoms with Crippen molar-refractivity contribution in [3.8, 4) is 22.3 Å². The molecule has 0 aromatic heterocycles. The summed E-state index contributed by atoms with van der Waals surface area (Å²) in [5, 5.41) is 0. The van der Waals surface area contributed by atoms with Crippen molar-refractivity contribution in [1.82, 2.24) is 0 Å². The van der Waals surface area contributed by atoms with Gasteiger partial charge in [-0.1, -0.05) is 117 Å². The Morgan fingerprint density at radius 2 is 1.21 bits per heavy atom. The van der Waals surface area contributed by atoms with E-state index >= 15 is 0 Å². The van der Waals surface area contributed by atoms with Crippen LogP contribution in [0.5, 0.6) is 0 Å². The van der Waals surface area contributed by atoms with E-state index in [-0.39, 0.29) is 10.8 Å². The van der Waals surface area contributed by atoms with Crippen molar-refractivity contribution in [3.05, 3.63) is 166 Å². The first kappa shape index (κ1) is 24.0. The zero-order chi connectivity index (χ0) is 28.2. The molecule has 9 rings (SSSR count). The van der Waals surface area contributed by atoms with E-state index < -0.39 is 0 Å². The maximum absolute atomic E-state index is 2.44. The lowest BCUT2D eigenvalue weighted by molar-refractivity contribution is 0.660. The molecule has 1 spiro atoms. The third kappa shape index (κ3) is 2.84. The Balaban J connectivity index is 1.21. The van der Waals surface area contributed by atoms with Gasteiger partial charge in [-0.05, 0) is 91.9 Å². The average Bonchev–Trinajstić information content (AvgIpc) is 3.59. The van der Waals surface area contributed by atoms with Crippen molar-refractivity contribution in [1.29, 1.82) is 0 Å². The summed E-state index contributed by atoms with van der Waals surface area (Å²) in [7, 11) is 2.21. The number of nitrogens with zero attached hydrogens (tertiary/aromatic N) is 1. The van der Waals surface area contributed by atoms with Gasteiger partial charge in [0.25, 0.3) is 0 Å². The Bertz CT molecular complexity index is 2020. The van der Waals surface area contributed by atoms with Gasteiger partial charge in [-0.15, -0.1) is 0 Å². The van der Waals surface area contributed by atoms with Crippen LogP contribution in [0.25, 0.3) is 22.3 Å². The van der Waals surface area contributed by atoms with Crippen LogP contribution in [0.2, 0.25) is 0 Å². The molecule has 42 heavy (non-hydrogen) atoms. The number of fused-ring (bicyclic) bond motifs is 13. The van der Waals surface area contributed by atoms with Gasteiger partial charge in [-0.2, -0.15) is 0 Å². The zero-order valence-corrected chi connectivity index (χ0v) is 24.4. The van der Waals surface area contributed by atoms with E-state index in [0.717, 1.165) is 6.42 Å². The van der Waals surface area contributed by atoms with E-state index in [1.165, 1.54) is 72.6 Å². The van der Waals surface area contributed by atoms with Crippen LogP contribution in [0.4, 0.5) is 11.4 Å². The maximum atomic E-state index is 2.44. The molecule has 5 aromatic carbocycles. The zero-order valence-electron chi connectivity index (χ0n) is 24.4. The number of anilines is 2. The smallest absolute Gasteiger partial charge is 0.0685 e. The van der Waals surface area contributed by atoms with E-state index in [1.807, 2.05) is 0 Å². The fourth-order valence-electron chi connectivity index (χ4n) is 8.74. The molecule has 0 radical (unpaired) electrons. The molecule has 0 heterocycles. The van der Waals surface area contributed by atoms with E-state index in [2.05, 4.69) is 153 Å². The molecule has 0 bridgehead atoms.